The van der Waals surface area contributed by atoms with E-state index in [9.17, 15) is 4.79 Å². The van der Waals surface area contributed by atoms with Crippen LogP contribution in [0.4, 0.5) is 0 Å². The molecule has 0 fully saturated rings. The Morgan fingerprint density at radius 2 is 2.21 bits per heavy atom. The van der Waals surface area contributed by atoms with Crippen LogP contribution in [0.5, 0.6) is 0 Å². The molecule has 1 N–H and O–H groups in total. The van der Waals surface area contributed by atoms with Crippen LogP contribution in [-0.4, -0.2) is 11.2 Å². The molecule has 0 aliphatic heterocycles. The first kappa shape index (κ1) is 11.0. The minimum Gasteiger partial charge on any atom is -0.428 e. The highest BCUT2D eigenvalue weighted by Crippen LogP contribution is 2.05. The zero-order valence-electron chi connectivity index (χ0n) is 8.62. The quantitative estimate of drug-likeness (QED) is 0.796. The summed E-state index contributed by atoms with van der Waals surface area (Å²) < 4.78 is 5.05. The minimum atomic E-state index is -0.285. The van der Waals surface area contributed by atoms with Crippen molar-refractivity contribution < 1.29 is 9.52 Å². The number of aliphatic hydroxyl groups excluding tert-OH is 1. The first-order valence-electron chi connectivity index (χ1n) is 4.87. The van der Waals surface area contributed by atoms with Gasteiger partial charge in [-0.15, -0.1) is 0 Å². The molecule has 0 aliphatic rings. The van der Waals surface area contributed by atoms with Gasteiger partial charge >= 0.3 is 5.63 Å². The van der Waals surface area contributed by atoms with Gasteiger partial charge in [0.1, 0.15) is 5.76 Å². The zero-order chi connectivity index (χ0) is 10.6. The molecule has 1 heterocycles. The molecule has 0 spiro atoms. The largest absolute Gasteiger partial charge is 0.428 e. The Labute approximate surface area is 83.4 Å². The number of rotatable bonds is 4. The van der Waals surface area contributed by atoms with Crippen molar-refractivity contribution in [3.8, 4) is 0 Å². The van der Waals surface area contributed by atoms with E-state index in [0.717, 1.165) is 12.8 Å². The first-order valence-corrected chi connectivity index (χ1v) is 4.87. The second-order valence-electron chi connectivity index (χ2n) is 3.61. The van der Waals surface area contributed by atoms with Gasteiger partial charge < -0.3 is 9.52 Å². The number of hydrogen-bond acceptors (Lipinski definition) is 3. The summed E-state index contributed by atoms with van der Waals surface area (Å²) in [4.78, 5) is 11.1. The minimum absolute atomic E-state index is 0.264. The molecular weight excluding hydrogens is 180 g/mol. The molecule has 0 aliphatic carbocycles. The molecule has 14 heavy (non-hydrogen) atoms. The molecule has 0 saturated heterocycles. The SMILES string of the molecule is Cc1ccc(CCC[C@H](C)O)oc1=O. The van der Waals surface area contributed by atoms with Crippen LogP contribution in [-0.2, 0) is 6.42 Å². The van der Waals surface area contributed by atoms with Gasteiger partial charge in [-0.3, -0.25) is 0 Å². The van der Waals surface area contributed by atoms with E-state index in [2.05, 4.69) is 0 Å². The van der Waals surface area contributed by atoms with Crippen LogP contribution in [0.25, 0.3) is 0 Å². The predicted octanol–water partition coefficient (Wildman–Crippen LogP) is 1.65. The van der Waals surface area contributed by atoms with Gasteiger partial charge in [0.25, 0.3) is 0 Å². The Bertz CT molecular complexity index is 339. The van der Waals surface area contributed by atoms with Crippen molar-refractivity contribution in [2.24, 2.45) is 0 Å². The molecule has 1 aromatic heterocycles. The summed E-state index contributed by atoms with van der Waals surface area (Å²) in [6.45, 7) is 3.48. The molecular formula is C11H16O3. The standard InChI is InChI=1S/C11H16O3/c1-8-6-7-10(14-11(8)13)5-3-4-9(2)12/h6-7,9,12H,3-5H2,1-2H3/t9-/m0/s1. The summed E-state index contributed by atoms with van der Waals surface area (Å²) >= 11 is 0. The summed E-state index contributed by atoms with van der Waals surface area (Å²) in [7, 11) is 0. The van der Waals surface area contributed by atoms with E-state index in [-0.39, 0.29) is 11.7 Å². The Hall–Kier alpha value is -1.09. The molecule has 0 aromatic carbocycles. The molecule has 0 bridgehead atoms. The molecule has 0 unspecified atom stereocenters. The molecule has 0 amide bonds. The van der Waals surface area contributed by atoms with Crippen molar-refractivity contribution in [2.75, 3.05) is 0 Å². The third-order valence-electron chi connectivity index (χ3n) is 2.11. The summed E-state index contributed by atoms with van der Waals surface area (Å²) in [5.74, 6) is 0.696. The molecule has 1 atom stereocenters. The van der Waals surface area contributed by atoms with Crippen LogP contribution < -0.4 is 5.63 Å². The summed E-state index contributed by atoms with van der Waals surface area (Å²) in [5, 5.41) is 9.04. The monoisotopic (exact) mass is 196 g/mol. The van der Waals surface area contributed by atoms with Crippen LogP contribution in [0.1, 0.15) is 31.1 Å². The van der Waals surface area contributed by atoms with Crippen molar-refractivity contribution in [2.45, 2.75) is 39.2 Å². The summed E-state index contributed by atoms with van der Waals surface area (Å²) in [5.41, 5.74) is 0.365. The fourth-order valence-corrected chi connectivity index (χ4v) is 1.23. The Balaban J connectivity index is 2.52. The van der Waals surface area contributed by atoms with Gasteiger partial charge in [0.15, 0.2) is 0 Å². The van der Waals surface area contributed by atoms with Crippen LogP contribution in [0.3, 0.4) is 0 Å². The van der Waals surface area contributed by atoms with Gasteiger partial charge in [0.05, 0.1) is 6.10 Å². The maximum Gasteiger partial charge on any atom is 0.338 e. The lowest BCUT2D eigenvalue weighted by molar-refractivity contribution is 0.181. The van der Waals surface area contributed by atoms with E-state index < -0.39 is 0 Å². The highest BCUT2D eigenvalue weighted by atomic mass is 16.4. The highest BCUT2D eigenvalue weighted by Gasteiger charge is 2.01. The van der Waals surface area contributed by atoms with Gasteiger partial charge in [-0.25, -0.2) is 4.79 Å². The molecule has 3 heteroatoms. The average molecular weight is 196 g/mol. The van der Waals surface area contributed by atoms with Crippen molar-refractivity contribution in [3.63, 3.8) is 0 Å². The Morgan fingerprint density at radius 3 is 2.79 bits per heavy atom. The second kappa shape index (κ2) is 4.96. The summed E-state index contributed by atoms with van der Waals surface area (Å²) in [6.07, 6.45) is 1.99. The van der Waals surface area contributed by atoms with Gasteiger partial charge in [0.2, 0.25) is 0 Å². The van der Waals surface area contributed by atoms with Gasteiger partial charge in [0, 0.05) is 12.0 Å². The fraction of sp³-hybridized carbons (Fsp3) is 0.545. The molecule has 78 valence electrons. The van der Waals surface area contributed by atoms with Gasteiger partial charge in [-0.2, -0.15) is 0 Å². The van der Waals surface area contributed by atoms with Crippen molar-refractivity contribution in [3.05, 3.63) is 33.9 Å². The molecule has 3 nitrogen and oxygen atoms in total. The van der Waals surface area contributed by atoms with Gasteiger partial charge in [-0.05, 0) is 38.8 Å². The van der Waals surface area contributed by atoms with E-state index in [1.807, 2.05) is 6.07 Å². The molecule has 1 rings (SSSR count). The Kier molecular flexibility index (Phi) is 3.89. The molecule has 0 radical (unpaired) electrons. The third-order valence-corrected chi connectivity index (χ3v) is 2.11. The molecule has 1 aromatic rings. The summed E-state index contributed by atoms with van der Waals surface area (Å²) in [6, 6.07) is 3.59. The fourth-order valence-electron chi connectivity index (χ4n) is 1.23. The van der Waals surface area contributed by atoms with E-state index in [4.69, 9.17) is 9.52 Å². The van der Waals surface area contributed by atoms with E-state index in [1.54, 1.807) is 19.9 Å². The zero-order valence-corrected chi connectivity index (χ0v) is 8.62. The normalized spacial score (nSPS) is 12.8. The predicted molar refractivity (Wildman–Crippen MR) is 54.3 cm³/mol. The number of aliphatic hydroxyl groups is 1. The molecule has 0 saturated carbocycles. The number of hydrogen-bond donors (Lipinski definition) is 1. The smallest absolute Gasteiger partial charge is 0.338 e. The first-order chi connectivity index (χ1) is 6.59. The maximum atomic E-state index is 11.1. The van der Waals surface area contributed by atoms with E-state index >= 15 is 0 Å². The number of aryl methyl sites for hydroxylation is 2. The van der Waals surface area contributed by atoms with Crippen LogP contribution in [0.2, 0.25) is 0 Å². The van der Waals surface area contributed by atoms with E-state index in [1.165, 1.54) is 0 Å². The third kappa shape index (κ3) is 3.34. The second-order valence-corrected chi connectivity index (χ2v) is 3.61. The van der Waals surface area contributed by atoms with Crippen LogP contribution in [0, 0.1) is 6.92 Å². The van der Waals surface area contributed by atoms with Crippen molar-refractivity contribution in [1.29, 1.82) is 0 Å². The maximum absolute atomic E-state index is 11.1. The van der Waals surface area contributed by atoms with Crippen LogP contribution in [0.15, 0.2) is 21.3 Å². The van der Waals surface area contributed by atoms with Crippen molar-refractivity contribution >= 4 is 0 Å². The lowest BCUT2D eigenvalue weighted by Gasteiger charge is -2.03. The average Bonchev–Trinajstić information content (AvgIpc) is 2.10. The lowest BCUT2D eigenvalue weighted by atomic mass is 10.1. The Morgan fingerprint density at radius 1 is 1.50 bits per heavy atom. The van der Waals surface area contributed by atoms with Crippen molar-refractivity contribution in [1.82, 2.24) is 0 Å². The topological polar surface area (TPSA) is 50.4 Å². The van der Waals surface area contributed by atoms with E-state index in [0.29, 0.717) is 17.7 Å². The van der Waals surface area contributed by atoms with Gasteiger partial charge in [-0.1, -0.05) is 0 Å². The van der Waals surface area contributed by atoms with Crippen LogP contribution >= 0.6 is 0 Å². The lowest BCUT2D eigenvalue weighted by Crippen LogP contribution is -2.05. The highest BCUT2D eigenvalue weighted by molar-refractivity contribution is 5.08.